The summed E-state index contributed by atoms with van der Waals surface area (Å²) in [6, 6.07) is 6.98. The molecule has 2 aromatic rings. The Bertz CT molecular complexity index is 869. The molecule has 1 aliphatic carbocycles. The minimum Gasteiger partial charge on any atom is -0.493 e. The molecule has 148 valence electrons. The highest BCUT2D eigenvalue weighted by Gasteiger charge is 2.38. The van der Waals surface area contributed by atoms with Gasteiger partial charge < -0.3 is 19.9 Å². The zero-order chi connectivity index (χ0) is 20.1. The van der Waals surface area contributed by atoms with Crippen LogP contribution in [-0.2, 0) is 16.8 Å². The number of Topliss-reactive ketones (excluding diaryl/α,β-unsaturated/α-hetero) is 1. The molecule has 0 saturated heterocycles. The van der Waals surface area contributed by atoms with Crippen LogP contribution in [0.2, 0.25) is 0 Å². The first-order chi connectivity index (χ1) is 13.5. The first-order valence-electron chi connectivity index (χ1n) is 9.14. The van der Waals surface area contributed by atoms with Gasteiger partial charge in [0.15, 0.2) is 17.3 Å². The molecular formula is C21H24N2O5. The number of hydrogen-bond acceptors (Lipinski definition) is 6. The SMILES string of the molecule is COc1cc2c(cc1OC)C(O)(CNC(=O)CCC(=O)c1cccnc1)CC2. The molecule has 1 amide bonds. The topological polar surface area (TPSA) is 97.7 Å². The van der Waals surface area contributed by atoms with Crippen molar-refractivity contribution < 1.29 is 24.2 Å². The van der Waals surface area contributed by atoms with Crippen LogP contribution in [0.25, 0.3) is 0 Å². The number of fused-ring (bicyclic) bond motifs is 1. The van der Waals surface area contributed by atoms with Crippen LogP contribution in [0.4, 0.5) is 0 Å². The average molecular weight is 384 g/mol. The number of benzene rings is 1. The number of hydrogen-bond donors (Lipinski definition) is 2. The number of nitrogens with one attached hydrogen (secondary N) is 1. The van der Waals surface area contributed by atoms with Crippen molar-refractivity contribution >= 4 is 11.7 Å². The predicted octanol–water partition coefficient (Wildman–Crippen LogP) is 2.01. The molecule has 0 fully saturated rings. The normalized spacial score (nSPS) is 17.7. The maximum atomic E-state index is 12.2. The fourth-order valence-corrected chi connectivity index (χ4v) is 3.45. The van der Waals surface area contributed by atoms with Crippen molar-refractivity contribution in [1.82, 2.24) is 10.3 Å². The van der Waals surface area contributed by atoms with E-state index in [0.717, 1.165) is 11.1 Å². The lowest BCUT2D eigenvalue weighted by Gasteiger charge is -2.25. The highest BCUT2D eigenvalue weighted by Crippen LogP contribution is 2.42. The number of methoxy groups -OCH3 is 2. The molecule has 1 heterocycles. The van der Waals surface area contributed by atoms with Crippen molar-refractivity contribution in [1.29, 1.82) is 0 Å². The minimum absolute atomic E-state index is 0.0581. The summed E-state index contributed by atoms with van der Waals surface area (Å²) in [5.74, 6) is 0.739. The molecule has 0 bridgehead atoms. The Labute approximate surface area is 163 Å². The van der Waals surface area contributed by atoms with Crippen LogP contribution in [0.1, 0.15) is 40.7 Å². The van der Waals surface area contributed by atoms with Gasteiger partial charge in [-0.25, -0.2) is 0 Å². The lowest BCUT2D eigenvalue weighted by Crippen LogP contribution is -2.39. The summed E-state index contributed by atoms with van der Waals surface area (Å²) >= 11 is 0. The predicted molar refractivity (Wildman–Crippen MR) is 103 cm³/mol. The monoisotopic (exact) mass is 384 g/mol. The molecule has 0 saturated carbocycles. The molecule has 7 heteroatoms. The molecular weight excluding hydrogens is 360 g/mol. The Morgan fingerprint density at radius 2 is 1.96 bits per heavy atom. The first-order valence-corrected chi connectivity index (χ1v) is 9.14. The van der Waals surface area contributed by atoms with E-state index in [4.69, 9.17) is 9.47 Å². The molecule has 0 radical (unpaired) electrons. The van der Waals surface area contributed by atoms with Crippen molar-refractivity contribution in [3.63, 3.8) is 0 Å². The zero-order valence-corrected chi connectivity index (χ0v) is 16.0. The summed E-state index contributed by atoms with van der Waals surface area (Å²) in [5.41, 5.74) is 1.02. The van der Waals surface area contributed by atoms with Crippen molar-refractivity contribution in [3.05, 3.63) is 53.3 Å². The van der Waals surface area contributed by atoms with Gasteiger partial charge in [-0.3, -0.25) is 14.6 Å². The summed E-state index contributed by atoms with van der Waals surface area (Å²) in [7, 11) is 3.11. The van der Waals surface area contributed by atoms with Crippen LogP contribution in [0, 0.1) is 0 Å². The van der Waals surface area contributed by atoms with E-state index in [2.05, 4.69) is 10.3 Å². The number of pyridine rings is 1. The molecule has 1 aromatic carbocycles. The van der Waals surface area contributed by atoms with Crippen LogP contribution >= 0.6 is 0 Å². The number of nitrogens with zero attached hydrogens (tertiary/aromatic N) is 1. The number of amides is 1. The first kappa shape index (κ1) is 19.8. The quantitative estimate of drug-likeness (QED) is 0.676. The summed E-state index contributed by atoms with van der Waals surface area (Å²) in [6.45, 7) is 0.0788. The third-order valence-electron chi connectivity index (χ3n) is 5.06. The Hall–Kier alpha value is -2.93. The lowest BCUT2D eigenvalue weighted by molar-refractivity contribution is -0.122. The lowest BCUT2D eigenvalue weighted by atomic mass is 9.95. The van der Waals surface area contributed by atoms with E-state index in [9.17, 15) is 14.7 Å². The van der Waals surface area contributed by atoms with Crippen LogP contribution < -0.4 is 14.8 Å². The molecule has 1 aliphatic rings. The maximum absolute atomic E-state index is 12.2. The summed E-state index contributed by atoms with van der Waals surface area (Å²) in [4.78, 5) is 28.2. The summed E-state index contributed by atoms with van der Waals surface area (Å²) < 4.78 is 10.6. The number of rotatable bonds is 8. The number of carbonyl (C=O) groups excluding carboxylic acids is 2. The molecule has 0 spiro atoms. The molecule has 7 nitrogen and oxygen atoms in total. The molecule has 28 heavy (non-hydrogen) atoms. The Kier molecular flexibility index (Phi) is 5.94. The smallest absolute Gasteiger partial charge is 0.220 e. The van der Waals surface area contributed by atoms with Gasteiger partial charge in [0.05, 0.1) is 20.8 Å². The third kappa shape index (κ3) is 4.14. The number of aliphatic hydroxyl groups is 1. The minimum atomic E-state index is -1.17. The van der Waals surface area contributed by atoms with E-state index >= 15 is 0 Å². The second kappa shape index (κ2) is 8.39. The maximum Gasteiger partial charge on any atom is 0.220 e. The highest BCUT2D eigenvalue weighted by molar-refractivity contribution is 5.97. The van der Waals surface area contributed by atoms with Crippen molar-refractivity contribution in [3.8, 4) is 11.5 Å². The van der Waals surface area contributed by atoms with E-state index in [1.54, 1.807) is 38.6 Å². The van der Waals surface area contributed by atoms with Crippen LogP contribution in [0.5, 0.6) is 11.5 Å². The number of ketones is 1. The third-order valence-corrected chi connectivity index (χ3v) is 5.06. The van der Waals surface area contributed by atoms with Gasteiger partial charge in [0, 0.05) is 30.8 Å². The van der Waals surface area contributed by atoms with E-state index in [1.165, 1.54) is 6.20 Å². The van der Waals surface area contributed by atoms with E-state index in [0.29, 0.717) is 29.9 Å². The Balaban J connectivity index is 1.59. The van der Waals surface area contributed by atoms with E-state index in [1.807, 2.05) is 6.07 Å². The van der Waals surface area contributed by atoms with Gasteiger partial charge in [-0.05, 0) is 48.2 Å². The standard InChI is InChI=1S/C21H24N2O5/c1-27-18-10-14-7-8-21(26,16(14)11-19(18)28-2)13-23-20(25)6-5-17(24)15-4-3-9-22-12-15/h3-4,9-12,26H,5-8,13H2,1-2H3,(H,23,25). The molecule has 3 rings (SSSR count). The highest BCUT2D eigenvalue weighted by atomic mass is 16.5. The van der Waals surface area contributed by atoms with Crippen LogP contribution in [0.3, 0.4) is 0 Å². The molecule has 1 atom stereocenters. The van der Waals surface area contributed by atoms with Gasteiger partial charge in [0.25, 0.3) is 0 Å². The Morgan fingerprint density at radius 1 is 1.21 bits per heavy atom. The van der Waals surface area contributed by atoms with Gasteiger partial charge in [0.2, 0.25) is 5.91 Å². The average Bonchev–Trinajstić information content (AvgIpc) is 3.06. The zero-order valence-electron chi connectivity index (χ0n) is 16.0. The van der Waals surface area contributed by atoms with Gasteiger partial charge in [-0.2, -0.15) is 0 Å². The number of carbonyl (C=O) groups is 2. The molecule has 2 N–H and O–H groups in total. The number of aromatic nitrogens is 1. The molecule has 1 aromatic heterocycles. The van der Waals surface area contributed by atoms with Gasteiger partial charge in [-0.15, -0.1) is 0 Å². The van der Waals surface area contributed by atoms with Gasteiger partial charge in [-0.1, -0.05) is 0 Å². The van der Waals surface area contributed by atoms with E-state index in [-0.39, 0.29) is 31.1 Å². The van der Waals surface area contributed by atoms with E-state index < -0.39 is 5.60 Å². The molecule has 1 unspecified atom stereocenters. The second-order valence-electron chi connectivity index (χ2n) is 6.84. The number of aryl methyl sites for hydroxylation is 1. The fraction of sp³-hybridized carbons (Fsp3) is 0.381. The van der Waals surface area contributed by atoms with Gasteiger partial charge >= 0.3 is 0 Å². The second-order valence-corrected chi connectivity index (χ2v) is 6.84. The van der Waals surface area contributed by atoms with Crippen molar-refractivity contribution in [2.75, 3.05) is 20.8 Å². The van der Waals surface area contributed by atoms with Crippen molar-refractivity contribution in [2.45, 2.75) is 31.3 Å². The fourth-order valence-electron chi connectivity index (χ4n) is 3.45. The summed E-state index contributed by atoms with van der Waals surface area (Å²) in [5, 5.41) is 13.8. The molecule has 0 aliphatic heterocycles. The van der Waals surface area contributed by atoms with Crippen LogP contribution in [0.15, 0.2) is 36.7 Å². The van der Waals surface area contributed by atoms with Crippen molar-refractivity contribution in [2.24, 2.45) is 0 Å². The van der Waals surface area contributed by atoms with Crippen LogP contribution in [-0.4, -0.2) is 42.5 Å². The summed E-state index contributed by atoms with van der Waals surface area (Å²) in [6.07, 6.45) is 4.41. The Morgan fingerprint density at radius 3 is 2.64 bits per heavy atom. The largest absolute Gasteiger partial charge is 0.493 e. The number of ether oxygens (including phenoxy) is 2. The van der Waals surface area contributed by atoms with Gasteiger partial charge in [0.1, 0.15) is 5.60 Å².